The third-order valence-corrected chi connectivity index (χ3v) is 15.6. The van der Waals surface area contributed by atoms with Crippen LogP contribution in [0.4, 0.5) is 17.1 Å². The van der Waals surface area contributed by atoms with E-state index >= 15 is 0 Å². The second-order valence-corrected chi connectivity index (χ2v) is 18.5. The lowest BCUT2D eigenvalue weighted by Gasteiger charge is -2.39. The van der Waals surface area contributed by atoms with Gasteiger partial charge in [-0.2, -0.15) is 0 Å². The third-order valence-electron chi connectivity index (χ3n) is 14.4. The maximum absolute atomic E-state index is 6.74. The normalized spacial score (nSPS) is 14.2. The van der Waals surface area contributed by atoms with Gasteiger partial charge in [-0.3, -0.25) is 0 Å². The number of benzene rings is 10. The molecular formula is C62H39NOS. The summed E-state index contributed by atoms with van der Waals surface area (Å²) >= 11 is 1.91. The van der Waals surface area contributed by atoms with Gasteiger partial charge in [0.1, 0.15) is 11.5 Å². The summed E-state index contributed by atoms with van der Waals surface area (Å²) < 4.78 is 9.35. The van der Waals surface area contributed by atoms with Gasteiger partial charge in [-0.25, -0.2) is 0 Å². The van der Waals surface area contributed by atoms with Crippen molar-refractivity contribution in [3.05, 3.63) is 281 Å². The number of hydrogen-bond donors (Lipinski definition) is 0. The molecule has 11 aromatic rings. The molecule has 65 heavy (non-hydrogen) atoms. The summed E-state index contributed by atoms with van der Waals surface area (Å²) in [6, 6.07) is 87.4. The Balaban J connectivity index is 1.05. The molecule has 14 rings (SSSR count). The highest BCUT2D eigenvalue weighted by molar-refractivity contribution is 7.26. The number of anilines is 3. The fourth-order valence-corrected chi connectivity index (χ4v) is 13.2. The van der Waals surface area contributed by atoms with E-state index in [1.54, 1.807) is 0 Å². The van der Waals surface area contributed by atoms with Crippen molar-refractivity contribution in [3.8, 4) is 33.8 Å². The third kappa shape index (κ3) is 4.88. The van der Waals surface area contributed by atoms with E-state index < -0.39 is 10.8 Å². The smallest absolute Gasteiger partial charge is 0.132 e. The molecule has 0 saturated heterocycles. The molecular weight excluding hydrogens is 807 g/mol. The largest absolute Gasteiger partial charge is 0.457 e. The summed E-state index contributed by atoms with van der Waals surface area (Å²) in [5.74, 6) is 1.80. The number of fused-ring (bicyclic) bond motifs is 16. The first-order valence-corrected chi connectivity index (χ1v) is 23.2. The average Bonchev–Trinajstić information content (AvgIpc) is 4.00. The monoisotopic (exact) mass is 845 g/mol. The average molecular weight is 846 g/mol. The lowest BCUT2D eigenvalue weighted by atomic mass is 9.66. The van der Waals surface area contributed by atoms with Crippen LogP contribution in [0.3, 0.4) is 0 Å². The van der Waals surface area contributed by atoms with Crippen LogP contribution in [0, 0.1) is 0 Å². The van der Waals surface area contributed by atoms with Crippen molar-refractivity contribution < 1.29 is 4.74 Å². The molecule has 2 aliphatic carbocycles. The SMILES string of the molecule is c1ccc(N(c2cccc(C3(c4ccccc4)c4ccccc4-c4ccccc43)c2)c2ccc3c(c2)-c2c(ccc4c2sc2ccccc24)C32c3ccccc3Oc3ccccc32)cc1. The predicted molar refractivity (Wildman–Crippen MR) is 269 cm³/mol. The van der Waals surface area contributed by atoms with Crippen molar-refractivity contribution in [1.29, 1.82) is 0 Å². The quantitative estimate of drug-likeness (QED) is 0.171. The molecule has 304 valence electrons. The van der Waals surface area contributed by atoms with E-state index in [0.29, 0.717) is 0 Å². The number of ether oxygens (including phenoxy) is 1. The molecule has 0 unspecified atom stereocenters. The lowest BCUT2D eigenvalue weighted by Crippen LogP contribution is -2.32. The molecule has 3 heteroatoms. The van der Waals surface area contributed by atoms with Gasteiger partial charge < -0.3 is 9.64 Å². The van der Waals surface area contributed by atoms with Gasteiger partial charge in [-0.05, 0) is 105 Å². The predicted octanol–water partition coefficient (Wildman–Crippen LogP) is 16.4. The zero-order valence-corrected chi connectivity index (χ0v) is 36.1. The van der Waals surface area contributed by atoms with Gasteiger partial charge in [0.2, 0.25) is 0 Å². The molecule has 0 amide bonds. The Hall–Kier alpha value is -7.98. The van der Waals surface area contributed by atoms with E-state index in [2.05, 4.69) is 241 Å². The Bertz CT molecular complexity index is 3630. The number of hydrogen-bond acceptors (Lipinski definition) is 3. The fourth-order valence-electron chi connectivity index (χ4n) is 11.9. The Morgan fingerprint density at radius 3 is 1.60 bits per heavy atom. The van der Waals surface area contributed by atoms with Crippen LogP contribution in [-0.4, -0.2) is 0 Å². The minimum absolute atomic E-state index is 0.521. The molecule has 0 atom stereocenters. The van der Waals surface area contributed by atoms with Gasteiger partial charge in [0.15, 0.2) is 0 Å². The second kappa shape index (κ2) is 13.8. The number of para-hydroxylation sites is 3. The van der Waals surface area contributed by atoms with Crippen molar-refractivity contribution in [1.82, 2.24) is 0 Å². The minimum atomic E-state index is -0.582. The van der Waals surface area contributed by atoms with Crippen LogP contribution in [0.5, 0.6) is 11.5 Å². The molecule has 1 spiro atoms. The second-order valence-electron chi connectivity index (χ2n) is 17.5. The van der Waals surface area contributed by atoms with Crippen molar-refractivity contribution in [2.45, 2.75) is 10.8 Å². The van der Waals surface area contributed by atoms with Gasteiger partial charge in [-0.1, -0.05) is 182 Å². The van der Waals surface area contributed by atoms with Crippen LogP contribution in [0.2, 0.25) is 0 Å². The van der Waals surface area contributed by atoms with E-state index in [9.17, 15) is 0 Å². The van der Waals surface area contributed by atoms with Crippen LogP contribution < -0.4 is 9.64 Å². The first-order valence-electron chi connectivity index (χ1n) is 22.4. The van der Waals surface area contributed by atoms with Gasteiger partial charge in [-0.15, -0.1) is 11.3 Å². The van der Waals surface area contributed by atoms with Gasteiger partial charge in [0.05, 0.1) is 10.8 Å². The maximum Gasteiger partial charge on any atom is 0.132 e. The molecule has 0 N–H and O–H groups in total. The highest BCUT2D eigenvalue weighted by atomic mass is 32.1. The highest BCUT2D eigenvalue weighted by Crippen LogP contribution is 2.65. The Labute approximate surface area is 381 Å². The van der Waals surface area contributed by atoms with Crippen LogP contribution in [-0.2, 0) is 10.8 Å². The standard InChI is InChI=1S/C62H39NOS/c1-3-18-40(19-4-1)61(50-27-10-7-24-45(50)46-25-8-11-28-51(46)61)41-20-17-23-43(38-41)63(42-21-5-2-6-22-42)44-34-36-52-49(39-44)59-55(37-35-48-47-26-9-16-33-58(47)65-60(48)59)62(52)53-29-12-14-31-56(53)64-57-32-15-13-30-54(57)62/h1-39H. The summed E-state index contributed by atoms with van der Waals surface area (Å²) in [5.41, 5.74) is 17.3. The van der Waals surface area contributed by atoms with Crippen LogP contribution in [0.15, 0.2) is 237 Å². The topological polar surface area (TPSA) is 12.5 Å². The van der Waals surface area contributed by atoms with E-state index in [-0.39, 0.29) is 0 Å². The first-order chi connectivity index (χ1) is 32.2. The molecule has 1 aromatic heterocycles. The van der Waals surface area contributed by atoms with E-state index in [0.717, 1.165) is 28.6 Å². The zero-order chi connectivity index (χ0) is 42.7. The van der Waals surface area contributed by atoms with Crippen molar-refractivity contribution in [3.63, 3.8) is 0 Å². The van der Waals surface area contributed by atoms with Gasteiger partial charge in [0.25, 0.3) is 0 Å². The number of rotatable bonds is 5. The molecule has 3 aliphatic rings. The summed E-state index contributed by atoms with van der Waals surface area (Å²) in [5, 5.41) is 2.59. The van der Waals surface area contributed by atoms with Crippen LogP contribution in [0.1, 0.15) is 44.5 Å². The Kier molecular flexibility index (Phi) is 7.73. The van der Waals surface area contributed by atoms with Crippen molar-refractivity contribution in [2.24, 2.45) is 0 Å². The Morgan fingerprint density at radius 2 is 0.877 bits per heavy atom. The summed E-state index contributed by atoms with van der Waals surface area (Å²) in [6.07, 6.45) is 0. The van der Waals surface area contributed by atoms with E-state index in [1.165, 1.54) is 86.9 Å². The van der Waals surface area contributed by atoms with Gasteiger partial charge >= 0.3 is 0 Å². The fraction of sp³-hybridized carbons (Fsp3) is 0.0323. The first kappa shape index (κ1) is 36.5. The highest BCUT2D eigenvalue weighted by Gasteiger charge is 2.52. The maximum atomic E-state index is 6.74. The molecule has 0 radical (unpaired) electrons. The van der Waals surface area contributed by atoms with Crippen LogP contribution >= 0.6 is 11.3 Å². The molecule has 0 saturated carbocycles. The molecule has 0 bridgehead atoms. The molecule has 10 aromatic carbocycles. The number of nitrogens with zero attached hydrogens (tertiary/aromatic N) is 1. The summed E-state index contributed by atoms with van der Waals surface area (Å²) in [4.78, 5) is 2.46. The minimum Gasteiger partial charge on any atom is -0.457 e. The van der Waals surface area contributed by atoms with E-state index in [1.807, 2.05) is 11.3 Å². The lowest BCUT2D eigenvalue weighted by molar-refractivity contribution is 0.436. The number of thiophene rings is 1. The summed E-state index contributed by atoms with van der Waals surface area (Å²) in [7, 11) is 0. The zero-order valence-electron chi connectivity index (χ0n) is 35.3. The van der Waals surface area contributed by atoms with Crippen molar-refractivity contribution in [2.75, 3.05) is 4.90 Å². The molecule has 1 aliphatic heterocycles. The summed E-state index contributed by atoms with van der Waals surface area (Å²) in [6.45, 7) is 0. The van der Waals surface area contributed by atoms with Gasteiger partial charge in [0, 0.05) is 53.9 Å². The molecule has 0 fully saturated rings. The van der Waals surface area contributed by atoms with Crippen LogP contribution in [0.25, 0.3) is 42.4 Å². The van der Waals surface area contributed by atoms with E-state index in [4.69, 9.17) is 4.74 Å². The van der Waals surface area contributed by atoms with Crippen molar-refractivity contribution >= 4 is 48.6 Å². The molecule has 2 nitrogen and oxygen atoms in total. The Morgan fingerprint density at radius 1 is 0.338 bits per heavy atom. The molecule has 2 heterocycles.